The van der Waals surface area contributed by atoms with E-state index in [9.17, 15) is 31.5 Å². The SMILES string of the molecule is CC(N)(C(F)F)C(NC(=O)c1ccc(C#CC#Cc2ccc(C(F)(F)F)cc2)cc1)C(=O)NO. The van der Waals surface area contributed by atoms with Crippen molar-refractivity contribution in [2.75, 3.05) is 0 Å². The van der Waals surface area contributed by atoms with Gasteiger partial charge >= 0.3 is 6.18 Å². The first-order valence-electron chi connectivity index (χ1n) is 9.47. The van der Waals surface area contributed by atoms with Crippen molar-refractivity contribution in [3.05, 3.63) is 70.8 Å². The zero-order valence-corrected chi connectivity index (χ0v) is 17.5. The summed E-state index contributed by atoms with van der Waals surface area (Å²) in [6.07, 6.45) is -7.62. The van der Waals surface area contributed by atoms with Crippen LogP contribution in [0.25, 0.3) is 0 Å². The molecule has 0 radical (unpaired) electrons. The highest BCUT2D eigenvalue weighted by molar-refractivity contribution is 5.98. The summed E-state index contributed by atoms with van der Waals surface area (Å²) >= 11 is 0. The number of nitrogens with two attached hydrogens (primary N) is 1. The summed E-state index contributed by atoms with van der Waals surface area (Å²) in [6, 6.07) is 7.81. The van der Waals surface area contributed by atoms with Gasteiger partial charge in [0.2, 0.25) is 0 Å². The predicted octanol–water partition coefficient (Wildman–Crippen LogP) is 2.69. The molecule has 0 heterocycles. The lowest BCUT2D eigenvalue weighted by Gasteiger charge is -2.32. The number of benzene rings is 2. The van der Waals surface area contributed by atoms with Crippen LogP contribution in [0.2, 0.25) is 0 Å². The predicted molar refractivity (Wildman–Crippen MR) is 111 cm³/mol. The average molecular weight is 479 g/mol. The van der Waals surface area contributed by atoms with Crippen molar-refractivity contribution < 1.29 is 36.7 Å². The van der Waals surface area contributed by atoms with Gasteiger partial charge in [0, 0.05) is 16.7 Å². The van der Waals surface area contributed by atoms with E-state index < -0.39 is 41.6 Å². The highest BCUT2D eigenvalue weighted by atomic mass is 19.4. The Hall–Kier alpha value is -3.93. The summed E-state index contributed by atoms with van der Waals surface area (Å²) in [5.74, 6) is 8.07. The summed E-state index contributed by atoms with van der Waals surface area (Å²) in [5.41, 5.74) is 4.17. The van der Waals surface area contributed by atoms with Crippen molar-refractivity contribution in [2.45, 2.75) is 31.1 Å². The Bertz CT molecular complexity index is 1150. The minimum atomic E-state index is -4.44. The highest BCUT2D eigenvalue weighted by Gasteiger charge is 2.44. The Morgan fingerprint density at radius 2 is 1.41 bits per heavy atom. The van der Waals surface area contributed by atoms with E-state index in [0.29, 0.717) is 11.1 Å². The molecule has 2 rings (SSSR count). The third-order valence-electron chi connectivity index (χ3n) is 4.58. The quantitative estimate of drug-likeness (QED) is 0.229. The van der Waals surface area contributed by atoms with Crippen LogP contribution >= 0.6 is 0 Å². The number of alkyl halides is 5. The van der Waals surface area contributed by atoms with Crippen LogP contribution in [-0.2, 0) is 11.0 Å². The van der Waals surface area contributed by atoms with E-state index in [1.165, 1.54) is 41.9 Å². The molecule has 2 aromatic rings. The first kappa shape index (κ1) is 26.3. The molecule has 0 saturated heterocycles. The number of carbonyl (C=O) groups is 2. The molecule has 178 valence electrons. The maximum atomic E-state index is 13.2. The number of hydroxylamine groups is 1. The normalized spacial score (nSPS) is 13.4. The molecule has 2 unspecified atom stereocenters. The molecular weight excluding hydrogens is 461 g/mol. The Morgan fingerprint density at radius 3 is 1.82 bits per heavy atom. The molecule has 6 nitrogen and oxygen atoms in total. The number of hydrogen-bond acceptors (Lipinski definition) is 4. The molecule has 0 aromatic heterocycles. The van der Waals surface area contributed by atoms with Crippen molar-refractivity contribution in [3.63, 3.8) is 0 Å². The first-order chi connectivity index (χ1) is 15.9. The fourth-order valence-electron chi connectivity index (χ4n) is 2.56. The Balaban J connectivity index is 2.09. The highest BCUT2D eigenvalue weighted by Crippen LogP contribution is 2.28. The summed E-state index contributed by atoms with van der Waals surface area (Å²) in [6.45, 7) is 0.849. The third kappa shape index (κ3) is 6.78. The second kappa shape index (κ2) is 10.8. The number of carbonyl (C=O) groups excluding carboxylic acids is 2. The first-order valence-corrected chi connectivity index (χ1v) is 9.47. The van der Waals surface area contributed by atoms with E-state index in [0.717, 1.165) is 19.1 Å². The molecule has 0 aliphatic rings. The second-order valence-electron chi connectivity index (χ2n) is 7.20. The minimum absolute atomic E-state index is 0.00203. The third-order valence-corrected chi connectivity index (χ3v) is 4.58. The molecule has 0 bridgehead atoms. The molecule has 5 N–H and O–H groups in total. The van der Waals surface area contributed by atoms with Crippen molar-refractivity contribution in [2.24, 2.45) is 5.73 Å². The maximum absolute atomic E-state index is 13.2. The lowest BCUT2D eigenvalue weighted by molar-refractivity contribution is -0.137. The summed E-state index contributed by atoms with van der Waals surface area (Å²) in [4.78, 5) is 24.1. The van der Waals surface area contributed by atoms with Gasteiger partial charge in [-0.05, 0) is 67.3 Å². The van der Waals surface area contributed by atoms with Gasteiger partial charge in [0.15, 0.2) is 0 Å². The van der Waals surface area contributed by atoms with Gasteiger partial charge in [-0.25, -0.2) is 14.3 Å². The van der Waals surface area contributed by atoms with Gasteiger partial charge < -0.3 is 11.1 Å². The summed E-state index contributed by atoms with van der Waals surface area (Å²) in [7, 11) is 0. The lowest BCUT2D eigenvalue weighted by Crippen LogP contribution is -2.66. The Labute approximate surface area is 191 Å². The molecule has 0 saturated carbocycles. The van der Waals surface area contributed by atoms with Crippen molar-refractivity contribution in [1.29, 1.82) is 0 Å². The van der Waals surface area contributed by atoms with E-state index in [1.807, 2.05) is 0 Å². The zero-order valence-electron chi connectivity index (χ0n) is 17.5. The lowest BCUT2D eigenvalue weighted by atomic mass is 9.92. The van der Waals surface area contributed by atoms with Crippen molar-refractivity contribution >= 4 is 11.8 Å². The zero-order chi connectivity index (χ0) is 25.5. The molecule has 2 aromatic carbocycles. The molecular formula is C23H18F5N3O3. The standard InChI is InChI=1S/C23H18F5N3O3/c1-22(29,21(24)25)18(20(33)31-34)30-19(32)16-10-6-14(7-11-16)4-2-3-5-15-8-12-17(13-9-15)23(26,27)28/h6-13,18,21,34H,29H2,1H3,(H,30,32)(H,31,33). The van der Waals surface area contributed by atoms with Gasteiger partial charge in [0.1, 0.15) is 11.6 Å². The molecule has 0 fully saturated rings. The Kier molecular flexibility index (Phi) is 8.36. The average Bonchev–Trinajstić information content (AvgIpc) is 2.79. The number of amides is 2. The van der Waals surface area contributed by atoms with E-state index in [-0.39, 0.29) is 5.56 Å². The number of rotatable bonds is 5. The Morgan fingerprint density at radius 1 is 0.941 bits per heavy atom. The minimum Gasteiger partial charge on any atom is -0.338 e. The molecule has 11 heteroatoms. The van der Waals surface area contributed by atoms with E-state index in [1.54, 1.807) is 0 Å². The van der Waals surface area contributed by atoms with Crippen LogP contribution in [0, 0.1) is 23.7 Å². The van der Waals surface area contributed by atoms with Crippen molar-refractivity contribution in [3.8, 4) is 23.7 Å². The fraction of sp³-hybridized carbons (Fsp3) is 0.217. The van der Waals surface area contributed by atoms with Crippen LogP contribution in [0.15, 0.2) is 48.5 Å². The smallest absolute Gasteiger partial charge is 0.338 e. The number of hydrogen-bond donors (Lipinski definition) is 4. The van der Waals surface area contributed by atoms with E-state index in [2.05, 4.69) is 29.0 Å². The molecule has 2 amide bonds. The van der Waals surface area contributed by atoms with Gasteiger partial charge in [-0.1, -0.05) is 11.8 Å². The summed E-state index contributed by atoms with van der Waals surface area (Å²) in [5, 5.41) is 10.8. The number of halogens is 5. The molecule has 34 heavy (non-hydrogen) atoms. The van der Waals surface area contributed by atoms with Crippen LogP contribution in [-0.4, -0.2) is 35.0 Å². The summed E-state index contributed by atoms with van der Waals surface area (Å²) < 4.78 is 64.0. The maximum Gasteiger partial charge on any atom is 0.416 e. The van der Waals surface area contributed by atoms with Gasteiger partial charge in [0.25, 0.3) is 18.2 Å². The van der Waals surface area contributed by atoms with Crippen LogP contribution in [0.3, 0.4) is 0 Å². The monoisotopic (exact) mass is 479 g/mol. The largest absolute Gasteiger partial charge is 0.416 e. The molecule has 0 aliphatic heterocycles. The van der Waals surface area contributed by atoms with Crippen LogP contribution in [0.5, 0.6) is 0 Å². The van der Waals surface area contributed by atoms with Gasteiger partial charge in [-0.3, -0.25) is 14.8 Å². The fourth-order valence-corrected chi connectivity index (χ4v) is 2.56. The topological polar surface area (TPSA) is 104 Å². The number of nitrogens with one attached hydrogen (secondary N) is 2. The molecule has 2 atom stereocenters. The van der Waals surface area contributed by atoms with Crippen LogP contribution in [0.1, 0.15) is 34.0 Å². The second-order valence-corrected chi connectivity index (χ2v) is 7.20. The molecule has 0 aliphatic carbocycles. The van der Waals surface area contributed by atoms with E-state index in [4.69, 9.17) is 10.9 Å². The van der Waals surface area contributed by atoms with E-state index >= 15 is 0 Å². The van der Waals surface area contributed by atoms with Gasteiger partial charge in [-0.15, -0.1) is 0 Å². The van der Waals surface area contributed by atoms with Crippen LogP contribution < -0.4 is 16.5 Å². The van der Waals surface area contributed by atoms with Gasteiger partial charge in [-0.2, -0.15) is 13.2 Å². The van der Waals surface area contributed by atoms with Crippen LogP contribution in [0.4, 0.5) is 22.0 Å². The van der Waals surface area contributed by atoms with Gasteiger partial charge in [0.05, 0.1) is 5.56 Å². The van der Waals surface area contributed by atoms with Crippen molar-refractivity contribution in [1.82, 2.24) is 10.8 Å². The molecule has 0 spiro atoms.